The van der Waals surface area contributed by atoms with Crippen LogP contribution in [0.15, 0.2) is 18.2 Å². The number of benzene rings is 1. The molecular weight excluding hydrogens is 288 g/mol. The molecule has 3 rings (SSSR count). The number of anilines is 1. The van der Waals surface area contributed by atoms with E-state index in [1.54, 1.807) is 0 Å². The molecule has 0 fully saturated rings. The molecule has 0 spiro atoms. The Morgan fingerprint density at radius 3 is 2.77 bits per heavy atom. The molecule has 2 atom stereocenters. The normalized spacial score (nSPS) is 22.8. The van der Waals surface area contributed by atoms with Gasteiger partial charge < -0.3 is 15.2 Å². The van der Waals surface area contributed by atoms with Crippen molar-refractivity contribution in [3.8, 4) is 0 Å². The van der Waals surface area contributed by atoms with Crippen LogP contribution in [0.5, 0.6) is 0 Å². The molecule has 7 heteroatoms. The Bertz CT molecular complexity index is 657. The number of para-hydroxylation sites is 1. The second-order valence-corrected chi connectivity index (χ2v) is 5.42. The van der Waals surface area contributed by atoms with E-state index in [9.17, 15) is 19.5 Å². The first-order valence-corrected chi connectivity index (χ1v) is 7.04. The van der Waals surface area contributed by atoms with Gasteiger partial charge in [-0.2, -0.15) is 0 Å². The van der Waals surface area contributed by atoms with E-state index >= 15 is 0 Å². The summed E-state index contributed by atoms with van der Waals surface area (Å²) >= 11 is 0. The molecule has 0 bridgehead atoms. The lowest BCUT2D eigenvalue weighted by molar-refractivity contribution is -0.140. The number of hydrogen-bond acceptors (Lipinski definition) is 4. The van der Waals surface area contributed by atoms with Gasteiger partial charge in [0.15, 0.2) is 0 Å². The van der Waals surface area contributed by atoms with Crippen molar-refractivity contribution in [2.24, 2.45) is 0 Å². The topological polar surface area (TPSA) is 95.9 Å². The number of hydrogen-bond donors (Lipinski definition) is 2. The van der Waals surface area contributed by atoms with Gasteiger partial charge in [0, 0.05) is 6.42 Å². The Labute approximate surface area is 126 Å². The molecule has 22 heavy (non-hydrogen) atoms. The van der Waals surface area contributed by atoms with E-state index in [2.05, 4.69) is 10.1 Å². The van der Waals surface area contributed by atoms with Crippen LogP contribution >= 0.6 is 0 Å². The number of carboxylic acids is 1. The van der Waals surface area contributed by atoms with E-state index in [1.807, 2.05) is 18.2 Å². The van der Waals surface area contributed by atoms with Crippen molar-refractivity contribution in [3.63, 3.8) is 0 Å². The van der Waals surface area contributed by atoms with E-state index in [0.29, 0.717) is 18.5 Å². The number of ether oxygens (including phenoxy) is 1. The molecule has 2 heterocycles. The minimum Gasteiger partial charge on any atom is -0.480 e. The Morgan fingerprint density at radius 2 is 2.09 bits per heavy atom. The highest BCUT2D eigenvalue weighted by Gasteiger charge is 2.44. The van der Waals surface area contributed by atoms with Crippen LogP contribution in [0.4, 0.5) is 10.5 Å². The van der Waals surface area contributed by atoms with Crippen LogP contribution in [0.25, 0.3) is 0 Å². The SMILES string of the molecule is COC(=O)N[C@H]1CCc2cccc3c2N(C1=O)[C@H](C(=O)O)C3. The minimum absolute atomic E-state index is 0.287. The number of carbonyl (C=O) groups excluding carboxylic acids is 2. The number of nitrogens with one attached hydrogen (secondary N) is 1. The average Bonchev–Trinajstić information content (AvgIpc) is 2.84. The predicted octanol–water partition coefficient (Wildman–Crippen LogP) is 0.700. The second-order valence-electron chi connectivity index (χ2n) is 5.42. The second kappa shape index (κ2) is 5.32. The maximum absolute atomic E-state index is 12.7. The van der Waals surface area contributed by atoms with Gasteiger partial charge in [0.25, 0.3) is 5.91 Å². The van der Waals surface area contributed by atoms with Crippen LogP contribution in [0.2, 0.25) is 0 Å². The van der Waals surface area contributed by atoms with Crippen LogP contribution in [0.1, 0.15) is 17.5 Å². The fourth-order valence-corrected chi connectivity index (χ4v) is 3.16. The molecule has 0 radical (unpaired) electrons. The molecule has 0 aliphatic carbocycles. The molecule has 2 N–H and O–H groups in total. The fraction of sp³-hybridized carbons (Fsp3) is 0.400. The summed E-state index contributed by atoms with van der Waals surface area (Å²) in [6.07, 6.45) is 0.588. The molecule has 0 aromatic heterocycles. The van der Waals surface area contributed by atoms with Gasteiger partial charge >= 0.3 is 12.1 Å². The van der Waals surface area contributed by atoms with Gasteiger partial charge in [-0.05, 0) is 24.0 Å². The van der Waals surface area contributed by atoms with E-state index in [4.69, 9.17) is 0 Å². The number of nitrogens with zero attached hydrogens (tertiary/aromatic N) is 1. The van der Waals surface area contributed by atoms with Crippen molar-refractivity contribution in [3.05, 3.63) is 29.3 Å². The molecule has 7 nitrogen and oxygen atoms in total. The van der Waals surface area contributed by atoms with Crippen LogP contribution in [-0.2, 0) is 27.2 Å². The van der Waals surface area contributed by atoms with E-state index in [1.165, 1.54) is 12.0 Å². The van der Waals surface area contributed by atoms with Crippen molar-refractivity contribution in [2.75, 3.05) is 12.0 Å². The summed E-state index contributed by atoms with van der Waals surface area (Å²) in [5.41, 5.74) is 2.48. The van der Waals surface area contributed by atoms with Gasteiger partial charge in [-0.15, -0.1) is 0 Å². The van der Waals surface area contributed by atoms with Gasteiger partial charge in [0.2, 0.25) is 0 Å². The van der Waals surface area contributed by atoms with Gasteiger partial charge in [-0.1, -0.05) is 18.2 Å². The average molecular weight is 304 g/mol. The van der Waals surface area contributed by atoms with Crippen LogP contribution in [0.3, 0.4) is 0 Å². The number of carbonyl (C=O) groups is 3. The number of methoxy groups -OCH3 is 1. The van der Waals surface area contributed by atoms with Crippen molar-refractivity contribution in [2.45, 2.75) is 31.3 Å². The zero-order valence-electron chi connectivity index (χ0n) is 12.0. The lowest BCUT2D eigenvalue weighted by Crippen LogP contribution is -2.52. The predicted molar refractivity (Wildman–Crippen MR) is 76.7 cm³/mol. The summed E-state index contributed by atoms with van der Waals surface area (Å²) in [4.78, 5) is 37.0. The summed E-state index contributed by atoms with van der Waals surface area (Å²) in [6, 6.07) is 3.89. The smallest absolute Gasteiger partial charge is 0.407 e. The van der Waals surface area contributed by atoms with Crippen LogP contribution in [0, 0.1) is 0 Å². The summed E-state index contributed by atoms with van der Waals surface area (Å²) in [6.45, 7) is 0. The number of aryl methyl sites for hydroxylation is 1. The Hall–Kier alpha value is -2.57. The molecule has 0 unspecified atom stereocenters. The lowest BCUT2D eigenvalue weighted by Gasteiger charge is -2.25. The standard InChI is InChI=1S/C15H16N2O5/c1-22-15(21)16-10-6-5-8-3-2-4-9-7-11(14(19)20)17(12(8)9)13(10)18/h2-4,10-11H,5-7H2,1H3,(H,16,21)(H,19,20)/t10-,11-/m0/s1. The van der Waals surface area contributed by atoms with Gasteiger partial charge in [0.05, 0.1) is 12.8 Å². The fourth-order valence-electron chi connectivity index (χ4n) is 3.16. The molecule has 2 amide bonds. The van der Waals surface area contributed by atoms with Crippen LogP contribution < -0.4 is 10.2 Å². The number of aliphatic carboxylic acids is 1. The third-order valence-electron chi connectivity index (χ3n) is 4.17. The first-order chi connectivity index (χ1) is 10.5. The summed E-state index contributed by atoms with van der Waals surface area (Å²) in [5, 5.41) is 11.9. The zero-order valence-corrected chi connectivity index (χ0v) is 12.0. The summed E-state index contributed by atoms with van der Waals surface area (Å²) < 4.78 is 4.54. The molecule has 1 aromatic carbocycles. The van der Waals surface area contributed by atoms with Gasteiger partial charge in [-0.25, -0.2) is 9.59 Å². The lowest BCUT2D eigenvalue weighted by atomic mass is 10.0. The highest BCUT2D eigenvalue weighted by Crippen LogP contribution is 2.38. The third-order valence-corrected chi connectivity index (χ3v) is 4.17. The highest BCUT2D eigenvalue weighted by molar-refractivity contribution is 6.06. The maximum atomic E-state index is 12.7. The largest absolute Gasteiger partial charge is 0.480 e. The quantitative estimate of drug-likeness (QED) is 0.838. The number of rotatable bonds is 2. The monoisotopic (exact) mass is 304 g/mol. The van der Waals surface area contributed by atoms with Gasteiger partial charge in [0.1, 0.15) is 12.1 Å². The Morgan fingerprint density at radius 1 is 1.36 bits per heavy atom. The van der Waals surface area contributed by atoms with E-state index < -0.39 is 30.1 Å². The highest BCUT2D eigenvalue weighted by atomic mass is 16.5. The Balaban J connectivity index is 2.01. The first kappa shape index (κ1) is 14.4. The van der Waals surface area contributed by atoms with Crippen molar-refractivity contribution < 1.29 is 24.2 Å². The number of alkyl carbamates (subject to hydrolysis) is 1. The Kier molecular flexibility index (Phi) is 3.48. The maximum Gasteiger partial charge on any atom is 0.407 e. The van der Waals surface area contributed by atoms with Gasteiger partial charge in [-0.3, -0.25) is 9.69 Å². The summed E-state index contributed by atoms with van der Waals surface area (Å²) in [7, 11) is 1.22. The molecule has 0 saturated carbocycles. The van der Waals surface area contributed by atoms with E-state index in [0.717, 1.165) is 11.1 Å². The van der Waals surface area contributed by atoms with E-state index in [-0.39, 0.29) is 6.42 Å². The van der Waals surface area contributed by atoms with Crippen molar-refractivity contribution >= 4 is 23.7 Å². The van der Waals surface area contributed by atoms with Crippen molar-refractivity contribution in [1.82, 2.24) is 5.32 Å². The van der Waals surface area contributed by atoms with Crippen LogP contribution in [-0.4, -0.2) is 42.3 Å². The molecule has 0 saturated heterocycles. The first-order valence-electron chi connectivity index (χ1n) is 7.04. The summed E-state index contributed by atoms with van der Waals surface area (Å²) in [5.74, 6) is -1.45. The number of amides is 2. The molecule has 2 aliphatic heterocycles. The molecule has 116 valence electrons. The third kappa shape index (κ3) is 2.18. The molecular formula is C15H16N2O5. The number of carboxylic acid groups (broad SMARTS) is 1. The minimum atomic E-state index is -1.05. The zero-order chi connectivity index (χ0) is 15.9. The molecule has 1 aromatic rings. The molecule has 2 aliphatic rings. The van der Waals surface area contributed by atoms with Crippen molar-refractivity contribution in [1.29, 1.82) is 0 Å².